The maximum atomic E-state index is 14.4. The summed E-state index contributed by atoms with van der Waals surface area (Å²) in [6.07, 6.45) is 0.270. The molecular formula is C15H23ClF2N2O2. The van der Waals surface area contributed by atoms with Crippen molar-refractivity contribution in [1.82, 2.24) is 10.2 Å². The van der Waals surface area contributed by atoms with Crippen molar-refractivity contribution in [1.29, 1.82) is 0 Å². The third kappa shape index (κ3) is 4.21. The fourth-order valence-electron chi connectivity index (χ4n) is 2.76. The molecule has 1 N–H and O–H groups in total. The van der Waals surface area contributed by atoms with Gasteiger partial charge in [0.2, 0.25) is 0 Å². The molecule has 0 aromatic heterocycles. The summed E-state index contributed by atoms with van der Waals surface area (Å²) in [6.45, 7) is 2.73. The molecule has 0 saturated carbocycles. The lowest BCUT2D eigenvalue weighted by atomic mass is 10.00. The number of rotatable bonds is 6. The molecule has 0 amide bonds. The van der Waals surface area contributed by atoms with E-state index >= 15 is 0 Å². The van der Waals surface area contributed by atoms with Gasteiger partial charge in [0.15, 0.2) is 11.5 Å². The zero-order chi connectivity index (χ0) is 15.2. The summed E-state index contributed by atoms with van der Waals surface area (Å²) >= 11 is 0. The minimum absolute atomic E-state index is 0. The van der Waals surface area contributed by atoms with Crippen LogP contribution in [0.1, 0.15) is 18.0 Å². The van der Waals surface area contributed by atoms with Gasteiger partial charge in [0, 0.05) is 43.9 Å². The molecule has 0 radical (unpaired) electrons. The van der Waals surface area contributed by atoms with Crippen LogP contribution in [-0.4, -0.2) is 52.0 Å². The van der Waals surface area contributed by atoms with E-state index in [0.29, 0.717) is 17.1 Å². The van der Waals surface area contributed by atoms with Crippen LogP contribution in [0.5, 0.6) is 11.5 Å². The van der Waals surface area contributed by atoms with E-state index in [1.807, 2.05) is 0 Å². The van der Waals surface area contributed by atoms with Gasteiger partial charge in [-0.1, -0.05) is 0 Å². The van der Waals surface area contributed by atoms with E-state index in [0.717, 1.165) is 26.2 Å². The van der Waals surface area contributed by atoms with Gasteiger partial charge in [-0.05, 0) is 12.5 Å². The summed E-state index contributed by atoms with van der Waals surface area (Å²) in [5, 5.41) is 3.24. The predicted octanol–water partition coefficient (Wildman–Crippen LogP) is 2.57. The number of alkyl halides is 1. The lowest BCUT2D eigenvalue weighted by molar-refractivity contribution is 0.154. The third-order valence-corrected chi connectivity index (χ3v) is 3.84. The first-order valence-corrected chi connectivity index (χ1v) is 7.13. The molecule has 2 rings (SSSR count). The molecule has 0 aliphatic carbocycles. The highest BCUT2D eigenvalue weighted by molar-refractivity contribution is 5.85. The second kappa shape index (κ2) is 9.12. The number of benzene rings is 1. The first kappa shape index (κ1) is 18.9. The van der Waals surface area contributed by atoms with Gasteiger partial charge in [0.1, 0.15) is 5.82 Å². The maximum Gasteiger partial charge on any atom is 0.163 e. The first-order chi connectivity index (χ1) is 10.2. The summed E-state index contributed by atoms with van der Waals surface area (Å²) in [5.74, 6) is 0.426. The summed E-state index contributed by atoms with van der Waals surface area (Å²) < 4.78 is 37.6. The summed E-state index contributed by atoms with van der Waals surface area (Å²) in [6, 6.07) is 2.65. The van der Waals surface area contributed by atoms with Gasteiger partial charge in [-0.2, -0.15) is 0 Å². The molecule has 0 spiro atoms. The monoisotopic (exact) mass is 336 g/mol. The van der Waals surface area contributed by atoms with Gasteiger partial charge < -0.3 is 14.8 Å². The highest BCUT2D eigenvalue weighted by Crippen LogP contribution is 2.35. The molecule has 22 heavy (non-hydrogen) atoms. The predicted molar refractivity (Wildman–Crippen MR) is 84.5 cm³/mol. The quantitative estimate of drug-likeness (QED) is 0.865. The highest BCUT2D eigenvalue weighted by Gasteiger charge is 2.26. The standard InChI is InChI=1S/C15H22F2N2O2.ClH/c1-20-14-9-11(12(17)10-15(14)21-2)13(3-4-16)19-7-5-18-6-8-19;/h9-10,13,18H,3-8H2,1-2H3;1H/t13-;/m1./s1. The Hall–Kier alpha value is -1.11. The minimum Gasteiger partial charge on any atom is -0.493 e. The van der Waals surface area contributed by atoms with E-state index in [1.54, 1.807) is 6.07 Å². The molecule has 1 heterocycles. The molecule has 1 aliphatic rings. The van der Waals surface area contributed by atoms with Gasteiger partial charge in [-0.3, -0.25) is 9.29 Å². The molecule has 1 saturated heterocycles. The molecule has 1 aromatic carbocycles. The number of nitrogens with one attached hydrogen (secondary N) is 1. The molecule has 7 heteroatoms. The van der Waals surface area contributed by atoms with Crippen LogP contribution >= 0.6 is 12.4 Å². The topological polar surface area (TPSA) is 33.7 Å². The van der Waals surface area contributed by atoms with Crippen molar-refractivity contribution in [3.63, 3.8) is 0 Å². The van der Waals surface area contributed by atoms with Crippen molar-refractivity contribution in [2.45, 2.75) is 12.5 Å². The maximum absolute atomic E-state index is 14.4. The van der Waals surface area contributed by atoms with Crippen molar-refractivity contribution >= 4 is 12.4 Å². The van der Waals surface area contributed by atoms with Crippen LogP contribution in [0, 0.1) is 5.82 Å². The van der Waals surface area contributed by atoms with Crippen molar-refractivity contribution in [3.05, 3.63) is 23.5 Å². The molecule has 4 nitrogen and oxygen atoms in total. The Morgan fingerprint density at radius 1 is 1.18 bits per heavy atom. The molecular weight excluding hydrogens is 314 g/mol. The number of piperazine rings is 1. The van der Waals surface area contributed by atoms with E-state index in [9.17, 15) is 8.78 Å². The van der Waals surface area contributed by atoms with Gasteiger partial charge in [0.05, 0.1) is 20.9 Å². The zero-order valence-electron chi connectivity index (χ0n) is 12.9. The Morgan fingerprint density at radius 3 is 2.32 bits per heavy atom. The van der Waals surface area contributed by atoms with Crippen LogP contribution in [0.2, 0.25) is 0 Å². The molecule has 126 valence electrons. The fourth-order valence-corrected chi connectivity index (χ4v) is 2.76. The Kier molecular flexibility index (Phi) is 7.85. The van der Waals surface area contributed by atoms with Crippen LogP contribution < -0.4 is 14.8 Å². The average Bonchev–Trinajstić information content (AvgIpc) is 2.53. The zero-order valence-corrected chi connectivity index (χ0v) is 13.7. The van der Waals surface area contributed by atoms with E-state index < -0.39 is 6.67 Å². The molecule has 0 unspecified atom stereocenters. The molecule has 0 bridgehead atoms. The fraction of sp³-hybridized carbons (Fsp3) is 0.600. The summed E-state index contributed by atoms with van der Waals surface area (Å²) in [4.78, 5) is 2.11. The SMILES string of the molecule is COc1cc(F)c([C@@H](CCF)N2CCNCC2)cc1OC.Cl. The van der Waals surface area contributed by atoms with Crippen molar-refractivity contribution < 1.29 is 18.3 Å². The molecule has 1 aromatic rings. The van der Waals surface area contributed by atoms with Crippen LogP contribution in [0.4, 0.5) is 8.78 Å². The Balaban J connectivity index is 0.00000242. The lowest BCUT2D eigenvalue weighted by Gasteiger charge is -2.35. The van der Waals surface area contributed by atoms with Gasteiger partial charge >= 0.3 is 0 Å². The smallest absolute Gasteiger partial charge is 0.163 e. The van der Waals surface area contributed by atoms with Crippen LogP contribution in [0.3, 0.4) is 0 Å². The second-order valence-corrected chi connectivity index (χ2v) is 5.01. The second-order valence-electron chi connectivity index (χ2n) is 5.01. The molecule has 1 fully saturated rings. The third-order valence-electron chi connectivity index (χ3n) is 3.84. The van der Waals surface area contributed by atoms with Crippen LogP contribution in [0.15, 0.2) is 12.1 Å². The lowest BCUT2D eigenvalue weighted by Crippen LogP contribution is -2.45. The Bertz CT molecular complexity index is 471. The number of ether oxygens (including phenoxy) is 2. The first-order valence-electron chi connectivity index (χ1n) is 7.13. The van der Waals surface area contributed by atoms with Crippen molar-refractivity contribution in [3.8, 4) is 11.5 Å². The number of hydrogen-bond acceptors (Lipinski definition) is 4. The van der Waals surface area contributed by atoms with Gasteiger partial charge in [-0.25, -0.2) is 4.39 Å². The molecule has 1 aliphatic heterocycles. The summed E-state index contributed by atoms with van der Waals surface area (Å²) in [5.41, 5.74) is 0.465. The highest BCUT2D eigenvalue weighted by atomic mass is 35.5. The van der Waals surface area contributed by atoms with Gasteiger partial charge in [0.25, 0.3) is 0 Å². The van der Waals surface area contributed by atoms with E-state index in [1.165, 1.54) is 20.3 Å². The summed E-state index contributed by atoms with van der Waals surface area (Å²) in [7, 11) is 2.97. The van der Waals surface area contributed by atoms with Crippen LogP contribution in [0.25, 0.3) is 0 Å². The number of hydrogen-bond donors (Lipinski definition) is 1. The number of nitrogens with zero attached hydrogens (tertiary/aromatic N) is 1. The largest absolute Gasteiger partial charge is 0.493 e. The van der Waals surface area contributed by atoms with E-state index in [2.05, 4.69) is 10.2 Å². The van der Waals surface area contributed by atoms with E-state index in [4.69, 9.17) is 9.47 Å². The Morgan fingerprint density at radius 2 is 1.77 bits per heavy atom. The number of halogens is 3. The Labute approximate surface area is 136 Å². The minimum atomic E-state index is -0.484. The average molecular weight is 337 g/mol. The van der Waals surface area contributed by atoms with E-state index in [-0.39, 0.29) is 30.7 Å². The van der Waals surface area contributed by atoms with Crippen molar-refractivity contribution in [2.24, 2.45) is 0 Å². The van der Waals surface area contributed by atoms with Crippen molar-refractivity contribution in [2.75, 3.05) is 47.1 Å². The van der Waals surface area contributed by atoms with Crippen LogP contribution in [-0.2, 0) is 0 Å². The number of methoxy groups -OCH3 is 2. The molecule has 1 atom stereocenters. The van der Waals surface area contributed by atoms with Gasteiger partial charge in [-0.15, -0.1) is 12.4 Å². The normalized spacial score (nSPS) is 16.7.